The number of aliphatic hydroxyl groups is 2. The summed E-state index contributed by atoms with van der Waals surface area (Å²) < 4.78 is 19.3. The fourth-order valence-electron chi connectivity index (χ4n) is 2.00. The number of ether oxygens (including phenoxy) is 1. The van der Waals surface area contributed by atoms with Crippen LogP contribution < -0.4 is 5.73 Å². The van der Waals surface area contributed by atoms with E-state index in [2.05, 4.69) is 11.6 Å². The van der Waals surface area contributed by atoms with Crippen LogP contribution in [-0.2, 0) is 4.74 Å². The molecular formula is C11H16FN3O3. The SMILES string of the molecule is C=C1N=C(N)C=CN1[C@@H]1OC([C@@H](C)O)[C@@H](O)[C@H]1F. The molecule has 0 aromatic heterocycles. The molecule has 0 aliphatic carbocycles. The number of nitrogens with two attached hydrogens (primary N) is 1. The molecule has 100 valence electrons. The molecule has 5 atom stereocenters. The zero-order chi connectivity index (χ0) is 13.4. The van der Waals surface area contributed by atoms with Crippen LogP contribution in [0.3, 0.4) is 0 Å². The molecule has 1 fully saturated rings. The average Bonchev–Trinajstić information content (AvgIpc) is 2.57. The Bertz CT molecular complexity index is 410. The number of alkyl halides is 1. The van der Waals surface area contributed by atoms with Gasteiger partial charge in [-0.15, -0.1) is 0 Å². The summed E-state index contributed by atoms with van der Waals surface area (Å²) in [5.41, 5.74) is 5.48. The normalized spacial score (nSPS) is 37.9. The van der Waals surface area contributed by atoms with Crippen LogP contribution in [-0.4, -0.2) is 51.7 Å². The maximum absolute atomic E-state index is 14.0. The average molecular weight is 257 g/mol. The predicted molar refractivity (Wildman–Crippen MR) is 63.0 cm³/mol. The number of amidine groups is 1. The third-order valence-corrected chi connectivity index (χ3v) is 2.94. The lowest BCUT2D eigenvalue weighted by atomic mass is 10.1. The maximum atomic E-state index is 14.0. The number of aliphatic hydroxyl groups excluding tert-OH is 2. The summed E-state index contributed by atoms with van der Waals surface area (Å²) in [6, 6.07) is 0. The van der Waals surface area contributed by atoms with Crippen LogP contribution in [0.1, 0.15) is 6.92 Å². The summed E-state index contributed by atoms with van der Waals surface area (Å²) in [4.78, 5) is 5.23. The Labute approximate surface area is 104 Å². The molecule has 0 saturated carbocycles. The van der Waals surface area contributed by atoms with E-state index in [1.165, 1.54) is 24.1 Å². The van der Waals surface area contributed by atoms with E-state index < -0.39 is 30.7 Å². The van der Waals surface area contributed by atoms with Gasteiger partial charge in [-0.25, -0.2) is 9.38 Å². The molecule has 0 spiro atoms. The van der Waals surface area contributed by atoms with E-state index in [0.29, 0.717) is 0 Å². The summed E-state index contributed by atoms with van der Waals surface area (Å²) in [5.74, 6) is 0.485. The molecule has 2 aliphatic rings. The van der Waals surface area contributed by atoms with Crippen molar-refractivity contribution in [2.45, 2.75) is 37.6 Å². The molecule has 0 radical (unpaired) electrons. The minimum Gasteiger partial charge on any atom is -0.391 e. The Hall–Kier alpha value is -1.44. The van der Waals surface area contributed by atoms with Crippen molar-refractivity contribution in [1.29, 1.82) is 0 Å². The van der Waals surface area contributed by atoms with Gasteiger partial charge < -0.3 is 25.6 Å². The predicted octanol–water partition coefficient (Wildman–Crippen LogP) is -0.551. The van der Waals surface area contributed by atoms with Crippen molar-refractivity contribution in [3.63, 3.8) is 0 Å². The van der Waals surface area contributed by atoms with Crippen LogP contribution in [0.4, 0.5) is 4.39 Å². The number of halogens is 1. The summed E-state index contributed by atoms with van der Waals surface area (Å²) in [5, 5.41) is 19.1. The van der Waals surface area contributed by atoms with Crippen molar-refractivity contribution >= 4 is 5.84 Å². The van der Waals surface area contributed by atoms with Gasteiger partial charge in [0.15, 0.2) is 12.4 Å². The van der Waals surface area contributed by atoms with Gasteiger partial charge in [0.25, 0.3) is 0 Å². The van der Waals surface area contributed by atoms with E-state index in [1.54, 1.807) is 0 Å². The summed E-state index contributed by atoms with van der Waals surface area (Å²) in [6.45, 7) is 5.07. The van der Waals surface area contributed by atoms with E-state index in [-0.39, 0.29) is 11.7 Å². The number of hydrogen-bond donors (Lipinski definition) is 3. The molecule has 0 aromatic carbocycles. The molecule has 0 amide bonds. The van der Waals surface area contributed by atoms with E-state index in [0.717, 1.165) is 0 Å². The van der Waals surface area contributed by atoms with Gasteiger partial charge in [-0.1, -0.05) is 6.58 Å². The number of aliphatic imine (C=N–C) groups is 1. The molecule has 7 heteroatoms. The molecular weight excluding hydrogens is 241 g/mol. The first-order valence-corrected chi connectivity index (χ1v) is 5.57. The van der Waals surface area contributed by atoms with Crippen molar-refractivity contribution in [3.05, 3.63) is 24.7 Å². The first-order valence-electron chi connectivity index (χ1n) is 5.57. The summed E-state index contributed by atoms with van der Waals surface area (Å²) >= 11 is 0. The fourth-order valence-corrected chi connectivity index (χ4v) is 2.00. The Morgan fingerprint density at radius 2 is 2.33 bits per heavy atom. The smallest absolute Gasteiger partial charge is 0.173 e. The van der Waals surface area contributed by atoms with E-state index >= 15 is 0 Å². The van der Waals surface area contributed by atoms with Crippen LogP contribution in [0.2, 0.25) is 0 Å². The highest BCUT2D eigenvalue weighted by Gasteiger charge is 2.48. The number of nitrogens with zero attached hydrogens (tertiary/aromatic N) is 2. The van der Waals surface area contributed by atoms with Gasteiger partial charge in [0.1, 0.15) is 23.9 Å². The Morgan fingerprint density at radius 1 is 1.67 bits per heavy atom. The van der Waals surface area contributed by atoms with E-state index in [1.807, 2.05) is 0 Å². The van der Waals surface area contributed by atoms with E-state index in [4.69, 9.17) is 10.5 Å². The van der Waals surface area contributed by atoms with Crippen molar-refractivity contribution < 1.29 is 19.3 Å². The summed E-state index contributed by atoms with van der Waals surface area (Å²) in [6.07, 6.45) is -3.11. The van der Waals surface area contributed by atoms with Crippen LogP contribution in [0.5, 0.6) is 0 Å². The van der Waals surface area contributed by atoms with Crippen LogP contribution in [0.15, 0.2) is 29.7 Å². The minimum atomic E-state index is -1.67. The first kappa shape index (κ1) is 13.0. The van der Waals surface area contributed by atoms with Crippen molar-refractivity contribution in [1.82, 2.24) is 4.90 Å². The second-order valence-electron chi connectivity index (χ2n) is 4.34. The molecule has 1 unspecified atom stereocenters. The number of rotatable bonds is 2. The molecule has 0 aromatic rings. The molecule has 18 heavy (non-hydrogen) atoms. The second-order valence-corrected chi connectivity index (χ2v) is 4.34. The minimum absolute atomic E-state index is 0.223. The Kier molecular flexibility index (Phi) is 3.38. The first-order chi connectivity index (χ1) is 8.41. The standard InChI is InChI=1S/C11H16FN3O3/c1-5(16)10-9(17)8(12)11(18-10)15-4-3-7(13)14-6(15)2/h3-5,8-11,16-17H,2H2,1H3,(H2,13,14)/t5-,8-,9+,10?,11-/m1/s1. The van der Waals surface area contributed by atoms with Gasteiger partial charge in [0.05, 0.1) is 6.10 Å². The van der Waals surface area contributed by atoms with Crippen molar-refractivity contribution in [3.8, 4) is 0 Å². The van der Waals surface area contributed by atoms with Crippen molar-refractivity contribution in [2.75, 3.05) is 0 Å². The van der Waals surface area contributed by atoms with E-state index in [9.17, 15) is 14.6 Å². The third-order valence-electron chi connectivity index (χ3n) is 2.94. The number of hydrogen-bond acceptors (Lipinski definition) is 6. The molecule has 1 saturated heterocycles. The third kappa shape index (κ3) is 2.12. The highest BCUT2D eigenvalue weighted by molar-refractivity contribution is 5.92. The van der Waals surface area contributed by atoms with Gasteiger partial charge >= 0.3 is 0 Å². The van der Waals surface area contributed by atoms with Gasteiger partial charge in [0.2, 0.25) is 0 Å². The van der Waals surface area contributed by atoms with Crippen molar-refractivity contribution in [2.24, 2.45) is 10.7 Å². The maximum Gasteiger partial charge on any atom is 0.173 e. The molecule has 2 rings (SSSR count). The largest absolute Gasteiger partial charge is 0.391 e. The highest BCUT2D eigenvalue weighted by Crippen LogP contribution is 2.31. The monoisotopic (exact) mass is 257 g/mol. The molecule has 2 heterocycles. The Balaban J connectivity index is 2.16. The lowest BCUT2D eigenvalue weighted by Crippen LogP contribution is -2.39. The van der Waals surface area contributed by atoms with Crippen LogP contribution >= 0.6 is 0 Å². The van der Waals surface area contributed by atoms with Gasteiger partial charge in [0, 0.05) is 6.20 Å². The van der Waals surface area contributed by atoms with Crippen LogP contribution in [0.25, 0.3) is 0 Å². The fraction of sp³-hybridized carbons (Fsp3) is 0.545. The highest BCUT2D eigenvalue weighted by atomic mass is 19.1. The zero-order valence-electron chi connectivity index (χ0n) is 9.90. The van der Waals surface area contributed by atoms with Gasteiger partial charge in [-0.2, -0.15) is 0 Å². The summed E-state index contributed by atoms with van der Waals surface area (Å²) in [7, 11) is 0. The molecule has 0 bridgehead atoms. The van der Waals surface area contributed by atoms with Gasteiger partial charge in [-0.05, 0) is 13.0 Å². The zero-order valence-corrected chi connectivity index (χ0v) is 9.90. The lowest BCUT2D eigenvalue weighted by Gasteiger charge is -2.29. The molecule has 2 aliphatic heterocycles. The Morgan fingerprint density at radius 3 is 2.83 bits per heavy atom. The second kappa shape index (κ2) is 4.68. The molecule has 6 nitrogen and oxygen atoms in total. The topological polar surface area (TPSA) is 91.3 Å². The van der Waals surface area contributed by atoms with Gasteiger partial charge in [-0.3, -0.25) is 0 Å². The molecule has 4 N–H and O–H groups in total. The lowest BCUT2D eigenvalue weighted by molar-refractivity contribution is -0.0867. The quantitative estimate of drug-likeness (QED) is 0.617. The van der Waals surface area contributed by atoms with Crippen LogP contribution in [0, 0.1) is 0 Å².